The second-order valence-corrected chi connectivity index (χ2v) is 6.92. The van der Waals surface area contributed by atoms with Gasteiger partial charge < -0.3 is 25.6 Å². The average Bonchev–Trinajstić information content (AvgIpc) is 2.55. The summed E-state index contributed by atoms with van der Waals surface area (Å²) in [5.41, 5.74) is 0.986. The lowest BCUT2D eigenvalue weighted by Gasteiger charge is -2.44. The summed E-state index contributed by atoms with van der Waals surface area (Å²) in [5.74, 6) is 0.743. The van der Waals surface area contributed by atoms with E-state index in [2.05, 4.69) is 20.9 Å². The summed E-state index contributed by atoms with van der Waals surface area (Å²) in [6.07, 6.45) is 2.28. The second kappa shape index (κ2) is 6.14. The van der Waals surface area contributed by atoms with Crippen LogP contribution in [0.4, 0.5) is 16.2 Å². The van der Waals surface area contributed by atoms with E-state index in [1.165, 1.54) is 0 Å². The van der Waals surface area contributed by atoms with Crippen LogP contribution in [-0.2, 0) is 4.79 Å². The standard InChI is InChI=1S/C16H19ClN4O3/c17-11-5-10(6-12-15(11)24-8-14(22)19-12)18-16(23)20-13-7-21-3-1-9(13)2-4-21/h5-6,9,13H,1-4,7-8H2,(H,19,22)(H2,18,20,23)/t13-/m0/s1. The molecule has 4 aliphatic heterocycles. The van der Waals surface area contributed by atoms with E-state index in [-0.39, 0.29) is 24.6 Å². The number of rotatable bonds is 2. The van der Waals surface area contributed by atoms with Crippen LogP contribution < -0.4 is 20.7 Å². The van der Waals surface area contributed by atoms with Gasteiger partial charge in [0.1, 0.15) is 0 Å². The molecule has 0 radical (unpaired) electrons. The molecule has 3 N–H and O–H groups in total. The van der Waals surface area contributed by atoms with Crippen molar-refractivity contribution in [2.24, 2.45) is 5.92 Å². The van der Waals surface area contributed by atoms with Crippen molar-refractivity contribution in [3.63, 3.8) is 0 Å². The molecule has 24 heavy (non-hydrogen) atoms. The topological polar surface area (TPSA) is 82.7 Å². The van der Waals surface area contributed by atoms with Crippen molar-refractivity contribution in [2.45, 2.75) is 18.9 Å². The monoisotopic (exact) mass is 350 g/mol. The summed E-state index contributed by atoms with van der Waals surface area (Å²) in [4.78, 5) is 26.1. The fourth-order valence-corrected chi connectivity index (χ4v) is 3.97. The van der Waals surface area contributed by atoms with Gasteiger partial charge in [-0.15, -0.1) is 0 Å². The number of halogens is 1. The van der Waals surface area contributed by atoms with Crippen LogP contribution in [0.3, 0.4) is 0 Å². The zero-order chi connectivity index (χ0) is 16.7. The van der Waals surface area contributed by atoms with Crippen molar-refractivity contribution >= 4 is 34.9 Å². The van der Waals surface area contributed by atoms with E-state index >= 15 is 0 Å². The Morgan fingerprint density at radius 2 is 2.12 bits per heavy atom. The molecule has 1 aromatic rings. The van der Waals surface area contributed by atoms with Crippen molar-refractivity contribution in [1.82, 2.24) is 10.2 Å². The second-order valence-electron chi connectivity index (χ2n) is 6.51. The summed E-state index contributed by atoms with van der Waals surface area (Å²) >= 11 is 6.17. The van der Waals surface area contributed by atoms with E-state index in [4.69, 9.17) is 16.3 Å². The highest BCUT2D eigenvalue weighted by molar-refractivity contribution is 6.33. The highest BCUT2D eigenvalue weighted by atomic mass is 35.5. The zero-order valence-electron chi connectivity index (χ0n) is 13.1. The van der Waals surface area contributed by atoms with Crippen molar-refractivity contribution in [2.75, 3.05) is 36.9 Å². The molecule has 3 fully saturated rings. The highest BCUT2D eigenvalue weighted by Gasteiger charge is 2.34. The van der Waals surface area contributed by atoms with Crippen molar-refractivity contribution < 1.29 is 14.3 Å². The van der Waals surface area contributed by atoms with Crippen LogP contribution in [0.1, 0.15) is 12.8 Å². The third-order valence-electron chi connectivity index (χ3n) is 4.90. The first-order valence-electron chi connectivity index (χ1n) is 8.14. The number of benzene rings is 1. The summed E-state index contributed by atoms with van der Waals surface area (Å²) in [6.45, 7) is 3.11. The summed E-state index contributed by atoms with van der Waals surface area (Å²) in [6, 6.07) is 3.19. The van der Waals surface area contributed by atoms with Crippen LogP contribution in [-0.4, -0.2) is 49.1 Å². The van der Waals surface area contributed by atoms with Gasteiger partial charge in [-0.2, -0.15) is 0 Å². The lowest BCUT2D eigenvalue weighted by Crippen LogP contribution is -2.57. The molecule has 1 aromatic carbocycles. The van der Waals surface area contributed by atoms with Gasteiger partial charge in [-0.25, -0.2) is 4.79 Å². The van der Waals surface area contributed by atoms with Crippen molar-refractivity contribution in [3.8, 4) is 5.75 Å². The Bertz CT molecular complexity index is 688. The molecule has 2 bridgehead atoms. The summed E-state index contributed by atoms with van der Waals surface area (Å²) in [5, 5.41) is 8.89. The average molecular weight is 351 g/mol. The van der Waals surface area contributed by atoms with E-state index in [0.29, 0.717) is 28.1 Å². The summed E-state index contributed by atoms with van der Waals surface area (Å²) in [7, 11) is 0. The molecular formula is C16H19ClN4O3. The van der Waals surface area contributed by atoms with Gasteiger partial charge >= 0.3 is 6.03 Å². The molecule has 3 amide bonds. The number of ether oxygens (including phenoxy) is 1. The Balaban J connectivity index is 1.43. The first kappa shape index (κ1) is 15.5. The van der Waals surface area contributed by atoms with Crippen LogP contribution >= 0.6 is 11.6 Å². The number of piperidine rings is 3. The molecule has 0 unspecified atom stereocenters. The van der Waals surface area contributed by atoms with Crippen LogP contribution in [0.2, 0.25) is 5.02 Å². The van der Waals surface area contributed by atoms with Crippen LogP contribution in [0.15, 0.2) is 12.1 Å². The van der Waals surface area contributed by atoms with Crippen molar-refractivity contribution in [1.29, 1.82) is 0 Å². The van der Waals surface area contributed by atoms with Crippen LogP contribution in [0, 0.1) is 5.92 Å². The zero-order valence-corrected chi connectivity index (χ0v) is 13.9. The predicted octanol–water partition coefficient (Wildman–Crippen LogP) is 1.89. The number of nitrogens with one attached hydrogen (secondary N) is 3. The Labute approximate surface area is 144 Å². The Morgan fingerprint density at radius 1 is 1.33 bits per heavy atom. The molecule has 4 heterocycles. The lowest BCUT2D eigenvalue weighted by molar-refractivity contribution is -0.118. The fourth-order valence-electron chi connectivity index (χ4n) is 3.69. The number of carbonyl (C=O) groups is 2. The van der Waals surface area contributed by atoms with Gasteiger partial charge in [0.15, 0.2) is 12.4 Å². The number of fused-ring (bicyclic) bond motifs is 4. The first-order chi connectivity index (χ1) is 11.6. The Kier molecular flexibility index (Phi) is 3.97. The van der Waals surface area contributed by atoms with Gasteiger partial charge in [0, 0.05) is 18.3 Å². The minimum atomic E-state index is -0.257. The molecule has 7 nitrogen and oxygen atoms in total. The first-order valence-corrected chi connectivity index (χ1v) is 8.52. The van der Waals surface area contributed by atoms with E-state index in [9.17, 15) is 9.59 Å². The van der Waals surface area contributed by atoms with Crippen LogP contribution in [0.25, 0.3) is 0 Å². The number of nitrogens with zero attached hydrogens (tertiary/aromatic N) is 1. The van der Waals surface area contributed by atoms with E-state index in [0.717, 1.165) is 32.5 Å². The minimum Gasteiger partial charge on any atom is -0.480 e. The third kappa shape index (κ3) is 3.01. The smallest absolute Gasteiger partial charge is 0.319 e. The molecule has 0 spiro atoms. The SMILES string of the molecule is O=C1COc2c(Cl)cc(NC(=O)N[C@H]3CN4CCC3CC4)cc2N1. The van der Waals surface area contributed by atoms with Gasteiger partial charge in [-0.3, -0.25) is 4.79 Å². The molecule has 0 saturated carbocycles. The maximum atomic E-state index is 12.3. The van der Waals surface area contributed by atoms with E-state index < -0.39 is 0 Å². The minimum absolute atomic E-state index is 0.0560. The lowest BCUT2D eigenvalue weighted by atomic mass is 9.84. The number of hydrogen-bond acceptors (Lipinski definition) is 4. The molecule has 5 rings (SSSR count). The van der Waals surface area contributed by atoms with Gasteiger partial charge in [0.05, 0.1) is 10.7 Å². The predicted molar refractivity (Wildman–Crippen MR) is 90.7 cm³/mol. The third-order valence-corrected chi connectivity index (χ3v) is 5.18. The maximum Gasteiger partial charge on any atom is 0.319 e. The van der Waals surface area contributed by atoms with Gasteiger partial charge in [-0.05, 0) is 44.0 Å². The Morgan fingerprint density at radius 3 is 2.83 bits per heavy atom. The van der Waals surface area contributed by atoms with Crippen LogP contribution in [0.5, 0.6) is 5.75 Å². The molecule has 0 aliphatic carbocycles. The quantitative estimate of drug-likeness (QED) is 0.760. The Hall–Kier alpha value is -1.99. The van der Waals surface area contributed by atoms with E-state index in [1.807, 2.05) is 0 Å². The molecule has 1 atom stereocenters. The highest BCUT2D eigenvalue weighted by Crippen LogP contribution is 2.38. The van der Waals surface area contributed by atoms with Gasteiger partial charge in [0.25, 0.3) is 5.91 Å². The number of amides is 3. The summed E-state index contributed by atoms with van der Waals surface area (Å²) < 4.78 is 5.30. The van der Waals surface area contributed by atoms with E-state index in [1.54, 1.807) is 12.1 Å². The largest absolute Gasteiger partial charge is 0.480 e. The fraction of sp³-hybridized carbons (Fsp3) is 0.500. The number of anilines is 2. The molecule has 4 aliphatic rings. The molecular weight excluding hydrogens is 332 g/mol. The van der Waals surface area contributed by atoms with Crippen molar-refractivity contribution in [3.05, 3.63) is 17.2 Å². The molecule has 8 heteroatoms. The number of carbonyl (C=O) groups excluding carboxylic acids is 2. The molecule has 3 saturated heterocycles. The van der Waals surface area contributed by atoms with Gasteiger partial charge in [0.2, 0.25) is 0 Å². The van der Waals surface area contributed by atoms with Gasteiger partial charge in [-0.1, -0.05) is 11.6 Å². The number of urea groups is 1. The molecule has 0 aromatic heterocycles. The normalized spacial score (nSPS) is 27.7. The number of hydrogen-bond donors (Lipinski definition) is 3. The molecule has 128 valence electrons. The maximum absolute atomic E-state index is 12.3.